The van der Waals surface area contributed by atoms with Gasteiger partial charge in [0.2, 0.25) is 0 Å². The zero-order chi connectivity index (χ0) is 23.7. The summed E-state index contributed by atoms with van der Waals surface area (Å²) in [6.07, 6.45) is -1.82. The minimum absolute atomic E-state index is 0.0373. The lowest BCUT2D eigenvalue weighted by atomic mass is 10.2. The van der Waals surface area contributed by atoms with Crippen molar-refractivity contribution in [1.29, 1.82) is 0 Å². The maximum Gasteiger partial charge on any atom is 0.435 e. The van der Waals surface area contributed by atoms with Crippen LogP contribution < -0.4 is 10.1 Å². The van der Waals surface area contributed by atoms with Crippen molar-refractivity contribution in [3.63, 3.8) is 0 Å². The van der Waals surface area contributed by atoms with Crippen molar-refractivity contribution in [2.24, 2.45) is 0 Å². The smallest absolute Gasteiger partial charge is 0.435 e. The molecule has 0 aliphatic carbocycles. The molecule has 168 valence electrons. The van der Waals surface area contributed by atoms with Crippen LogP contribution in [0.5, 0.6) is 11.6 Å². The third-order valence-corrected chi connectivity index (χ3v) is 5.12. The number of aryl methyl sites for hydroxylation is 1. The molecule has 0 radical (unpaired) electrons. The molecule has 1 aromatic carbocycles. The summed E-state index contributed by atoms with van der Waals surface area (Å²) < 4.78 is 81.4. The number of halogens is 4. The SMILES string of the molecule is Cc1cc(F)ccc1Oc1nnc(C(F)(F)F)cc1C(=O)Nc1cncc(S(C)(=O)=O)c1. The number of aromatic nitrogens is 3. The summed E-state index contributed by atoms with van der Waals surface area (Å²) in [6, 6.07) is 4.91. The number of hydrogen-bond donors (Lipinski definition) is 1. The summed E-state index contributed by atoms with van der Waals surface area (Å²) in [6.45, 7) is 1.48. The number of carbonyl (C=O) groups excluding carboxylic acids is 1. The van der Waals surface area contributed by atoms with Gasteiger partial charge >= 0.3 is 6.18 Å². The number of alkyl halides is 3. The highest BCUT2D eigenvalue weighted by molar-refractivity contribution is 7.90. The van der Waals surface area contributed by atoms with Crippen molar-refractivity contribution in [2.75, 3.05) is 11.6 Å². The van der Waals surface area contributed by atoms with Gasteiger partial charge in [-0.2, -0.15) is 13.2 Å². The van der Waals surface area contributed by atoms with Crippen LogP contribution in [-0.2, 0) is 16.0 Å². The van der Waals surface area contributed by atoms with E-state index < -0.39 is 44.9 Å². The average molecular weight is 470 g/mol. The number of ether oxygens (including phenoxy) is 1. The van der Waals surface area contributed by atoms with E-state index in [1.165, 1.54) is 13.0 Å². The van der Waals surface area contributed by atoms with Crippen LogP contribution in [0.1, 0.15) is 21.6 Å². The zero-order valence-corrected chi connectivity index (χ0v) is 17.3. The molecule has 0 aliphatic heterocycles. The van der Waals surface area contributed by atoms with Gasteiger partial charge in [0.25, 0.3) is 11.8 Å². The molecule has 2 aromatic heterocycles. The second-order valence-electron chi connectivity index (χ2n) is 6.59. The number of hydrogen-bond acceptors (Lipinski definition) is 7. The Morgan fingerprint density at radius 1 is 1.09 bits per heavy atom. The summed E-state index contributed by atoms with van der Waals surface area (Å²) in [4.78, 5) is 16.2. The maximum atomic E-state index is 13.3. The van der Waals surface area contributed by atoms with Gasteiger partial charge in [0.15, 0.2) is 15.5 Å². The van der Waals surface area contributed by atoms with Crippen LogP contribution in [0.4, 0.5) is 23.2 Å². The number of carbonyl (C=O) groups is 1. The Morgan fingerprint density at radius 2 is 1.81 bits per heavy atom. The monoisotopic (exact) mass is 470 g/mol. The molecule has 2 heterocycles. The van der Waals surface area contributed by atoms with E-state index in [4.69, 9.17) is 4.74 Å². The van der Waals surface area contributed by atoms with Crippen LogP contribution in [0, 0.1) is 12.7 Å². The number of benzene rings is 1. The molecule has 0 aliphatic rings. The van der Waals surface area contributed by atoms with Crippen LogP contribution in [0.25, 0.3) is 0 Å². The summed E-state index contributed by atoms with van der Waals surface area (Å²) in [5, 5.41) is 8.67. The van der Waals surface area contributed by atoms with Crippen molar-refractivity contribution in [2.45, 2.75) is 18.0 Å². The molecule has 8 nitrogen and oxygen atoms in total. The van der Waals surface area contributed by atoms with Crippen LogP contribution in [0.15, 0.2) is 47.6 Å². The normalized spacial score (nSPS) is 11.8. The lowest BCUT2D eigenvalue weighted by molar-refractivity contribution is -0.141. The summed E-state index contributed by atoms with van der Waals surface area (Å²) >= 11 is 0. The van der Waals surface area contributed by atoms with E-state index in [-0.39, 0.29) is 16.3 Å². The Kier molecular flexibility index (Phi) is 6.12. The fraction of sp³-hybridized carbons (Fsp3) is 0.158. The third-order valence-electron chi connectivity index (χ3n) is 4.04. The van der Waals surface area contributed by atoms with E-state index in [2.05, 4.69) is 20.5 Å². The number of nitrogens with zero attached hydrogens (tertiary/aromatic N) is 3. The molecule has 0 unspecified atom stereocenters. The molecular weight excluding hydrogens is 456 g/mol. The Morgan fingerprint density at radius 3 is 2.44 bits per heavy atom. The molecular formula is C19H14F4N4O4S. The van der Waals surface area contributed by atoms with Gasteiger partial charge in [0.1, 0.15) is 17.1 Å². The van der Waals surface area contributed by atoms with E-state index in [1.54, 1.807) is 0 Å². The topological polar surface area (TPSA) is 111 Å². The number of nitrogens with one attached hydrogen (secondary N) is 1. The molecule has 3 aromatic rings. The quantitative estimate of drug-likeness (QED) is 0.565. The highest BCUT2D eigenvalue weighted by Gasteiger charge is 2.35. The second-order valence-corrected chi connectivity index (χ2v) is 8.61. The summed E-state index contributed by atoms with van der Waals surface area (Å²) in [7, 11) is -3.65. The molecule has 32 heavy (non-hydrogen) atoms. The first-order valence-corrected chi connectivity index (χ1v) is 10.6. The number of pyridine rings is 1. The molecule has 0 saturated carbocycles. The van der Waals surface area contributed by atoms with Crippen molar-refractivity contribution in [3.8, 4) is 11.6 Å². The Bertz CT molecular complexity index is 1300. The first-order valence-electron chi connectivity index (χ1n) is 8.70. The molecule has 1 amide bonds. The molecule has 0 atom stereocenters. The lowest BCUT2D eigenvalue weighted by Crippen LogP contribution is -2.18. The van der Waals surface area contributed by atoms with Gasteiger partial charge < -0.3 is 10.1 Å². The second kappa shape index (κ2) is 8.49. The Hall–Kier alpha value is -3.61. The van der Waals surface area contributed by atoms with Gasteiger partial charge in [-0.1, -0.05) is 0 Å². The highest BCUT2D eigenvalue weighted by atomic mass is 32.2. The lowest BCUT2D eigenvalue weighted by Gasteiger charge is -2.13. The number of anilines is 1. The van der Waals surface area contributed by atoms with Gasteiger partial charge in [-0.05, 0) is 42.8 Å². The van der Waals surface area contributed by atoms with Gasteiger partial charge in [0, 0.05) is 12.5 Å². The van der Waals surface area contributed by atoms with Gasteiger partial charge in [-0.15, -0.1) is 10.2 Å². The van der Waals surface area contributed by atoms with Crippen molar-refractivity contribution < 1.29 is 35.5 Å². The van der Waals surface area contributed by atoms with E-state index in [0.29, 0.717) is 11.6 Å². The predicted octanol–water partition coefficient (Wildman–Crippen LogP) is 3.79. The number of amides is 1. The average Bonchev–Trinajstić information content (AvgIpc) is 2.69. The predicted molar refractivity (Wildman–Crippen MR) is 104 cm³/mol. The molecule has 13 heteroatoms. The Labute approximate surface area is 179 Å². The molecule has 0 spiro atoms. The largest absolute Gasteiger partial charge is 0.437 e. The van der Waals surface area contributed by atoms with Crippen LogP contribution >= 0.6 is 0 Å². The van der Waals surface area contributed by atoms with Gasteiger partial charge in [-0.3, -0.25) is 9.78 Å². The standard InChI is InChI=1S/C19H14F4N4O4S/c1-10-5-11(20)3-4-15(10)31-18-14(7-16(26-27-18)19(21,22)23)17(28)25-12-6-13(9-24-8-12)32(2,29)30/h3-9H,1-2H3,(H,25,28). The zero-order valence-electron chi connectivity index (χ0n) is 16.4. The minimum atomic E-state index is -4.90. The van der Waals surface area contributed by atoms with E-state index in [1.807, 2.05) is 0 Å². The molecule has 0 saturated heterocycles. The van der Waals surface area contributed by atoms with E-state index in [0.717, 1.165) is 36.8 Å². The van der Waals surface area contributed by atoms with Crippen LogP contribution in [0.2, 0.25) is 0 Å². The Balaban J connectivity index is 2.01. The summed E-state index contributed by atoms with van der Waals surface area (Å²) in [5.41, 5.74) is -1.88. The fourth-order valence-electron chi connectivity index (χ4n) is 2.48. The highest BCUT2D eigenvalue weighted by Crippen LogP contribution is 2.32. The van der Waals surface area contributed by atoms with Crippen molar-refractivity contribution in [3.05, 3.63) is 65.4 Å². The van der Waals surface area contributed by atoms with Crippen LogP contribution in [-0.4, -0.2) is 35.8 Å². The molecule has 3 rings (SSSR count). The number of sulfone groups is 1. The number of rotatable bonds is 5. The minimum Gasteiger partial charge on any atom is -0.437 e. The third kappa shape index (κ3) is 5.35. The molecule has 1 N–H and O–H groups in total. The van der Waals surface area contributed by atoms with E-state index >= 15 is 0 Å². The van der Waals surface area contributed by atoms with Crippen molar-refractivity contribution in [1.82, 2.24) is 15.2 Å². The first kappa shape index (κ1) is 23.1. The first-order chi connectivity index (χ1) is 14.8. The molecule has 0 fully saturated rings. The van der Waals surface area contributed by atoms with Gasteiger partial charge in [0.05, 0.1) is 16.8 Å². The van der Waals surface area contributed by atoms with E-state index in [9.17, 15) is 30.8 Å². The van der Waals surface area contributed by atoms with Gasteiger partial charge in [-0.25, -0.2) is 12.8 Å². The van der Waals surface area contributed by atoms with Crippen molar-refractivity contribution >= 4 is 21.4 Å². The van der Waals surface area contributed by atoms with Crippen LogP contribution in [0.3, 0.4) is 0 Å². The maximum absolute atomic E-state index is 13.3. The fourth-order valence-corrected chi connectivity index (χ4v) is 3.07. The molecule has 0 bridgehead atoms. The summed E-state index contributed by atoms with van der Waals surface area (Å²) in [5.74, 6) is -2.19.